The van der Waals surface area contributed by atoms with Crippen LogP contribution in [0, 0.1) is 70.5 Å². The number of nitrogens with two attached hydrogens (primary N) is 1. The summed E-state index contributed by atoms with van der Waals surface area (Å²) in [5.74, 6) is 7.74. The maximum Gasteiger partial charge on any atom is 0.137 e. The van der Waals surface area contributed by atoms with E-state index in [0.29, 0.717) is 35.6 Å². The van der Waals surface area contributed by atoms with Gasteiger partial charge in [-0.3, -0.25) is 0 Å². The van der Waals surface area contributed by atoms with Crippen LogP contribution in [0.1, 0.15) is 63.9 Å². The highest BCUT2D eigenvalue weighted by Crippen LogP contribution is 2.76. The molecule has 14 atom stereocenters. The molecule has 202 valence electrons. The Morgan fingerprint density at radius 3 is 2.71 bits per heavy atom. The second kappa shape index (κ2) is 8.56. The first kappa shape index (κ1) is 24.0. The molecule has 0 amide bonds. The van der Waals surface area contributed by atoms with Crippen molar-refractivity contribution >= 4 is 12.0 Å². The van der Waals surface area contributed by atoms with E-state index in [9.17, 15) is 4.79 Å². The lowest BCUT2D eigenvalue weighted by atomic mass is 9.66. The lowest BCUT2D eigenvalue weighted by Gasteiger charge is -2.39. The highest BCUT2D eigenvalue weighted by molar-refractivity contribution is 5.62. The van der Waals surface area contributed by atoms with Gasteiger partial charge in [0, 0.05) is 17.1 Å². The average molecular weight is 511 g/mol. The monoisotopic (exact) mass is 510 g/mol. The molecule has 1 aliphatic heterocycles. The number of aldehydes is 1. The van der Waals surface area contributed by atoms with Crippen molar-refractivity contribution in [2.45, 2.75) is 76.8 Å². The second-order valence-corrected chi connectivity index (χ2v) is 14.8. The molecule has 14 unspecified atom stereocenters. The van der Waals surface area contributed by atoms with E-state index in [4.69, 9.17) is 5.73 Å². The van der Waals surface area contributed by atoms with Gasteiger partial charge in [-0.1, -0.05) is 49.4 Å². The number of fused-ring (bicyclic) bond motifs is 9. The first-order valence-electron chi connectivity index (χ1n) is 15.9. The molecule has 3 nitrogen and oxygen atoms in total. The number of rotatable bonds is 3. The molecule has 5 saturated carbocycles. The van der Waals surface area contributed by atoms with Gasteiger partial charge in [0.15, 0.2) is 0 Å². The van der Waals surface area contributed by atoms with E-state index < -0.39 is 0 Å². The fourth-order valence-corrected chi connectivity index (χ4v) is 12.1. The van der Waals surface area contributed by atoms with Crippen molar-refractivity contribution in [2.24, 2.45) is 76.2 Å². The minimum absolute atomic E-state index is 0.00333. The zero-order chi connectivity index (χ0) is 25.8. The molecule has 7 aliphatic rings. The van der Waals surface area contributed by atoms with Crippen LogP contribution in [0.2, 0.25) is 0 Å². The summed E-state index contributed by atoms with van der Waals surface area (Å²) < 4.78 is 0. The maximum atomic E-state index is 12.4. The van der Waals surface area contributed by atoms with E-state index in [1.54, 1.807) is 0 Å². The largest absolute Gasteiger partial charge is 0.382 e. The van der Waals surface area contributed by atoms with Crippen LogP contribution in [0.3, 0.4) is 0 Å². The Balaban J connectivity index is 1.07. The van der Waals surface area contributed by atoms with Gasteiger partial charge in [-0.2, -0.15) is 0 Å². The van der Waals surface area contributed by atoms with E-state index in [1.165, 1.54) is 68.2 Å². The number of hydrogen-bond acceptors (Lipinski definition) is 3. The van der Waals surface area contributed by atoms with Crippen LogP contribution in [-0.2, 0) is 11.2 Å². The molecule has 1 aromatic carbocycles. The predicted octanol–water partition coefficient (Wildman–Crippen LogP) is 6.65. The highest BCUT2D eigenvalue weighted by Gasteiger charge is 2.74. The van der Waals surface area contributed by atoms with Crippen molar-refractivity contribution in [3.05, 3.63) is 54.1 Å². The van der Waals surface area contributed by atoms with Crippen molar-refractivity contribution in [2.75, 3.05) is 5.32 Å². The molecule has 0 spiro atoms. The number of aryl methyl sites for hydroxylation is 1. The summed E-state index contributed by atoms with van der Waals surface area (Å²) in [5.41, 5.74) is 11.2. The normalized spacial score (nSPS) is 50.7. The van der Waals surface area contributed by atoms with Crippen LogP contribution in [0.5, 0.6) is 0 Å². The van der Waals surface area contributed by atoms with Crippen LogP contribution in [0.4, 0.5) is 5.69 Å². The van der Waals surface area contributed by atoms with Gasteiger partial charge in [-0.15, -0.1) is 0 Å². The van der Waals surface area contributed by atoms with Crippen LogP contribution in [0.25, 0.3) is 0 Å². The average Bonchev–Trinajstić information content (AvgIpc) is 3.15. The molecular weight excluding hydrogens is 464 g/mol. The van der Waals surface area contributed by atoms with Crippen molar-refractivity contribution in [3.8, 4) is 0 Å². The summed E-state index contributed by atoms with van der Waals surface area (Å²) in [6.45, 7) is 6.97. The molecule has 1 aromatic rings. The molecule has 38 heavy (non-hydrogen) atoms. The summed E-state index contributed by atoms with van der Waals surface area (Å²) >= 11 is 0. The summed E-state index contributed by atoms with van der Waals surface area (Å²) in [5, 5.41) is 4.07. The zero-order valence-corrected chi connectivity index (χ0v) is 23.1. The van der Waals surface area contributed by atoms with Gasteiger partial charge in [0.1, 0.15) is 6.29 Å². The number of hydrogen-bond donors (Lipinski definition) is 2. The third kappa shape index (κ3) is 3.20. The summed E-state index contributed by atoms with van der Waals surface area (Å²) in [6, 6.07) is 9.32. The lowest BCUT2D eigenvalue weighted by molar-refractivity contribution is -0.111. The van der Waals surface area contributed by atoms with Crippen molar-refractivity contribution in [1.29, 1.82) is 0 Å². The van der Waals surface area contributed by atoms with E-state index in [1.807, 2.05) is 0 Å². The molecule has 0 radical (unpaired) electrons. The van der Waals surface area contributed by atoms with Crippen LogP contribution in [-0.4, -0.2) is 18.4 Å². The van der Waals surface area contributed by atoms with Gasteiger partial charge in [0.2, 0.25) is 0 Å². The molecule has 3 N–H and O–H groups in total. The van der Waals surface area contributed by atoms with Gasteiger partial charge in [0.25, 0.3) is 0 Å². The Morgan fingerprint density at radius 1 is 1.00 bits per heavy atom. The quantitative estimate of drug-likeness (QED) is 0.354. The molecule has 3 heteroatoms. The highest BCUT2D eigenvalue weighted by atomic mass is 16.1. The molecule has 1 heterocycles. The number of para-hydroxylation sites is 1. The Kier molecular flexibility index (Phi) is 5.40. The topological polar surface area (TPSA) is 55.1 Å². The standard InChI is InChI=1S/C35H46N2O/c1-19-13-26-20(2)7-12-30-33(28(26)14-19)35(30,32(36)18-38)24-10-11-25-23(15-24)17-29-27(25)16-22-9-8-21-5-3-4-6-31(21)37-34(22)29/h3-6,10-11,18-19,22-30,32-34,37H,2,7-9,12-17,36H2,1H3. The number of carbonyl (C=O) groups excluding carboxylic acids is 1. The molecule has 5 fully saturated rings. The summed E-state index contributed by atoms with van der Waals surface area (Å²) in [7, 11) is 0. The zero-order valence-electron chi connectivity index (χ0n) is 23.1. The lowest BCUT2D eigenvalue weighted by Crippen LogP contribution is -2.43. The number of benzene rings is 1. The predicted molar refractivity (Wildman–Crippen MR) is 153 cm³/mol. The van der Waals surface area contributed by atoms with Gasteiger partial charge in [0.05, 0.1) is 6.04 Å². The van der Waals surface area contributed by atoms with Crippen molar-refractivity contribution in [3.63, 3.8) is 0 Å². The van der Waals surface area contributed by atoms with E-state index in [2.05, 4.69) is 55.2 Å². The Morgan fingerprint density at radius 2 is 1.84 bits per heavy atom. The molecule has 8 rings (SSSR count). The van der Waals surface area contributed by atoms with Crippen molar-refractivity contribution in [1.82, 2.24) is 0 Å². The first-order chi connectivity index (χ1) is 18.5. The molecule has 0 aromatic heterocycles. The molecule has 0 bridgehead atoms. The summed E-state index contributed by atoms with van der Waals surface area (Å²) in [6.07, 6.45) is 17.9. The van der Waals surface area contributed by atoms with E-state index in [-0.39, 0.29) is 11.5 Å². The molecule has 6 aliphatic carbocycles. The number of nitrogens with one attached hydrogen (secondary N) is 1. The van der Waals surface area contributed by atoms with Crippen LogP contribution >= 0.6 is 0 Å². The third-order valence-electron chi connectivity index (χ3n) is 13.5. The van der Waals surface area contributed by atoms with E-state index >= 15 is 0 Å². The SMILES string of the molecule is C=C1CCC2C(C3CC(C)CC13)C2(C(N)C=O)C1C=CC2C(CC3C2CC2CCc4ccccc4NC23)C1. The minimum Gasteiger partial charge on any atom is -0.382 e. The smallest absolute Gasteiger partial charge is 0.137 e. The van der Waals surface area contributed by atoms with E-state index in [0.717, 1.165) is 48.2 Å². The fourth-order valence-electron chi connectivity index (χ4n) is 12.1. The third-order valence-corrected chi connectivity index (χ3v) is 13.5. The second-order valence-electron chi connectivity index (χ2n) is 14.8. The first-order valence-corrected chi connectivity index (χ1v) is 15.9. The van der Waals surface area contributed by atoms with Gasteiger partial charge in [-0.25, -0.2) is 0 Å². The Labute approximate surface area is 229 Å². The Hall–Kier alpha value is -1.87. The number of allylic oxidation sites excluding steroid dienone is 3. The van der Waals surface area contributed by atoms with Gasteiger partial charge in [-0.05, 0) is 135 Å². The fraction of sp³-hybridized carbons (Fsp3) is 0.686. The maximum absolute atomic E-state index is 12.4. The van der Waals surface area contributed by atoms with Gasteiger partial charge >= 0.3 is 0 Å². The molecular formula is C35H46N2O. The molecule has 0 saturated heterocycles. The minimum atomic E-state index is -0.322. The Bertz CT molecular complexity index is 1170. The van der Waals surface area contributed by atoms with Crippen molar-refractivity contribution < 1.29 is 4.79 Å². The van der Waals surface area contributed by atoms with Crippen LogP contribution in [0.15, 0.2) is 48.6 Å². The van der Waals surface area contributed by atoms with Gasteiger partial charge < -0.3 is 15.8 Å². The summed E-state index contributed by atoms with van der Waals surface area (Å²) in [4.78, 5) is 12.4. The van der Waals surface area contributed by atoms with Crippen LogP contribution < -0.4 is 11.1 Å². The number of anilines is 1. The number of carbonyl (C=O) groups is 1.